The van der Waals surface area contributed by atoms with Crippen molar-refractivity contribution in [3.05, 3.63) is 12.7 Å². The van der Waals surface area contributed by atoms with Gasteiger partial charge in [0, 0.05) is 6.61 Å². The number of hydrogen-bond donors (Lipinski definition) is 1. The molecule has 0 aromatic carbocycles. The van der Waals surface area contributed by atoms with Crippen LogP contribution in [0.4, 0.5) is 0 Å². The van der Waals surface area contributed by atoms with Crippen LogP contribution in [0.5, 0.6) is 0 Å². The second-order valence-corrected chi connectivity index (χ2v) is 5.34. The third-order valence-electron chi connectivity index (χ3n) is 3.53. The lowest BCUT2D eigenvalue weighted by Crippen LogP contribution is -1.85. The summed E-state index contributed by atoms with van der Waals surface area (Å²) in [6.07, 6.45) is 20.1. The SMILES string of the molecule is [CH]=CCCCCCCCCCCCCCCCO. The summed E-state index contributed by atoms with van der Waals surface area (Å²) in [5.74, 6) is 0. The molecule has 0 aliphatic heterocycles. The van der Waals surface area contributed by atoms with Gasteiger partial charge in [-0.3, -0.25) is 0 Å². The van der Waals surface area contributed by atoms with Crippen molar-refractivity contribution < 1.29 is 5.11 Å². The van der Waals surface area contributed by atoms with Crippen molar-refractivity contribution >= 4 is 0 Å². The first-order chi connectivity index (χ1) is 8.91. The van der Waals surface area contributed by atoms with Crippen LogP contribution in [0.1, 0.15) is 89.9 Å². The van der Waals surface area contributed by atoms with E-state index in [1.165, 1.54) is 77.0 Å². The lowest BCUT2D eigenvalue weighted by molar-refractivity contribution is 0.282. The molecule has 1 radical (unpaired) electrons. The van der Waals surface area contributed by atoms with Crippen molar-refractivity contribution in [1.29, 1.82) is 0 Å². The van der Waals surface area contributed by atoms with Crippen LogP contribution in [0.15, 0.2) is 6.08 Å². The van der Waals surface area contributed by atoms with Gasteiger partial charge < -0.3 is 5.11 Å². The highest BCUT2D eigenvalue weighted by atomic mass is 16.2. The molecule has 18 heavy (non-hydrogen) atoms. The van der Waals surface area contributed by atoms with E-state index in [0.717, 1.165) is 12.8 Å². The molecule has 0 atom stereocenters. The molecule has 0 amide bonds. The Morgan fingerprint density at radius 1 is 0.556 bits per heavy atom. The van der Waals surface area contributed by atoms with Crippen LogP contribution in [0.3, 0.4) is 0 Å². The summed E-state index contributed by atoms with van der Waals surface area (Å²) in [7, 11) is 0. The molecule has 0 rings (SSSR count). The van der Waals surface area contributed by atoms with E-state index < -0.39 is 0 Å². The number of aliphatic hydroxyl groups is 1. The zero-order valence-electron chi connectivity index (χ0n) is 12.2. The topological polar surface area (TPSA) is 20.2 Å². The summed E-state index contributed by atoms with van der Waals surface area (Å²) in [6.45, 7) is 5.70. The number of allylic oxidation sites excluding steroid dienone is 1. The van der Waals surface area contributed by atoms with Gasteiger partial charge in [-0.1, -0.05) is 83.3 Å². The summed E-state index contributed by atoms with van der Waals surface area (Å²) in [5, 5.41) is 8.65. The summed E-state index contributed by atoms with van der Waals surface area (Å²) >= 11 is 0. The molecule has 1 nitrogen and oxygen atoms in total. The summed E-state index contributed by atoms with van der Waals surface area (Å²) in [6, 6.07) is 0. The molecule has 0 aliphatic rings. The van der Waals surface area contributed by atoms with E-state index in [4.69, 9.17) is 11.7 Å². The molecule has 0 aliphatic carbocycles. The fourth-order valence-corrected chi connectivity index (χ4v) is 2.32. The number of hydrogen-bond acceptors (Lipinski definition) is 1. The molecule has 0 fully saturated rings. The molecule has 1 N–H and O–H groups in total. The molecule has 0 aromatic heterocycles. The van der Waals surface area contributed by atoms with Crippen LogP contribution >= 0.6 is 0 Å². The summed E-state index contributed by atoms with van der Waals surface area (Å²) in [4.78, 5) is 0. The minimum Gasteiger partial charge on any atom is -0.396 e. The maximum atomic E-state index is 8.65. The Hall–Kier alpha value is -0.300. The lowest BCUT2D eigenvalue weighted by atomic mass is 10.0. The molecule has 107 valence electrons. The maximum Gasteiger partial charge on any atom is 0.0431 e. The normalized spacial score (nSPS) is 10.7. The van der Waals surface area contributed by atoms with Gasteiger partial charge >= 0.3 is 0 Å². The molecule has 0 bridgehead atoms. The first kappa shape index (κ1) is 17.7. The predicted molar refractivity (Wildman–Crippen MR) is 80.6 cm³/mol. The van der Waals surface area contributed by atoms with E-state index in [1.54, 1.807) is 6.08 Å². The molecule has 0 spiro atoms. The molecule has 0 saturated heterocycles. The third kappa shape index (κ3) is 15.7. The summed E-state index contributed by atoms with van der Waals surface area (Å²) < 4.78 is 0. The van der Waals surface area contributed by atoms with Crippen LogP contribution < -0.4 is 0 Å². The van der Waals surface area contributed by atoms with Gasteiger partial charge in [-0.2, -0.15) is 0 Å². The highest BCUT2D eigenvalue weighted by Gasteiger charge is 1.93. The molecular weight excluding hydrogens is 220 g/mol. The smallest absolute Gasteiger partial charge is 0.0431 e. The quantitative estimate of drug-likeness (QED) is 0.386. The third-order valence-corrected chi connectivity index (χ3v) is 3.53. The number of aliphatic hydroxyl groups excluding tert-OH is 1. The lowest BCUT2D eigenvalue weighted by Gasteiger charge is -2.02. The molecule has 0 saturated carbocycles. The second kappa shape index (κ2) is 16.7. The van der Waals surface area contributed by atoms with E-state index in [1.807, 2.05) is 0 Å². The van der Waals surface area contributed by atoms with Crippen LogP contribution in [0.2, 0.25) is 0 Å². The zero-order chi connectivity index (χ0) is 13.3. The van der Waals surface area contributed by atoms with Crippen molar-refractivity contribution in [2.75, 3.05) is 6.61 Å². The van der Waals surface area contributed by atoms with Crippen molar-refractivity contribution in [3.63, 3.8) is 0 Å². The van der Waals surface area contributed by atoms with Crippen LogP contribution in [-0.4, -0.2) is 11.7 Å². The number of rotatable bonds is 15. The standard InChI is InChI=1S/C17H33O/c1-2-3-4-5-6-7-8-9-10-11-12-13-14-15-16-17-18/h1-2,18H,3-17H2. The van der Waals surface area contributed by atoms with Gasteiger partial charge in [0.05, 0.1) is 0 Å². The Kier molecular flexibility index (Phi) is 16.4. The predicted octanol–water partition coefficient (Wildman–Crippen LogP) is 5.43. The van der Waals surface area contributed by atoms with Gasteiger partial charge in [0.15, 0.2) is 0 Å². The fraction of sp³-hybridized carbons (Fsp3) is 0.882. The Morgan fingerprint density at radius 3 is 1.22 bits per heavy atom. The van der Waals surface area contributed by atoms with E-state index in [-0.39, 0.29) is 0 Å². The van der Waals surface area contributed by atoms with Crippen LogP contribution in [0, 0.1) is 6.58 Å². The number of unbranched alkanes of at least 4 members (excludes halogenated alkanes) is 13. The van der Waals surface area contributed by atoms with Gasteiger partial charge in [0.2, 0.25) is 0 Å². The average Bonchev–Trinajstić information content (AvgIpc) is 2.39. The molecule has 1 heteroatoms. The van der Waals surface area contributed by atoms with Crippen molar-refractivity contribution in [2.24, 2.45) is 0 Å². The largest absolute Gasteiger partial charge is 0.396 e. The van der Waals surface area contributed by atoms with Crippen molar-refractivity contribution in [1.82, 2.24) is 0 Å². The molecule has 0 aromatic rings. The highest BCUT2D eigenvalue weighted by molar-refractivity contribution is 4.61. The van der Waals surface area contributed by atoms with Crippen molar-refractivity contribution in [3.8, 4) is 0 Å². The average molecular weight is 253 g/mol. The Morgan fingerprint density at radius 2 is 0.889 bits per heavy atom. The Labute approximate surface area is 115 Å². The maximum absolute atomic E-state index is 8.65. The van der Waals surface area contributed by atoms with E-state index in [2.05, 4.69) is 0 Å². The minimum atomic E-state index is 0.364. The van der Waals surface area contributed by atoms with Gasteiger partial charge in [0.1, 0.15) is 0 Å². The van der Waals surface area contributed by atoms with Gasteiger partial charge in [-0.05, 0) is 19.3 Å². The minimum absolute atomic E-state index is 0.364. The van der Waals surface area contributed by atoms with Crippen LogP contribution in [-0.2, 0) is 0 Å². The molecular formula is C17H33O. The first-order valence-corrected chi connectivity index (χ1v) is 8.06. The van der Waals surface area contributed by atoms with E-state index in [0.29, 0.717) is 6.61 Å². The zero-order valence-corrected chi connectivity index (χ0v) is 12.2. The van der Waals surface area contributed by atoms with E-state index >= 15 is 0 Å². The van der Waals surface area contributed by atoms with Gasteiger partial charge in [-0.25, -0.2) is 0 Å². The molecule has 0 unspecified atom stereocenters. The Bertz CT molecular complexity index is 154. The molecule has 0 heterocycles. The second-order valence-electron chi connectivity index (χ2n) is 5.34. The monoisotopic (exact) mass is 253 g/mol. The first-order valence-electron chi connectivity index (χ1n) is 8.06. The Balaban J connectivity index is 2.88. The van der Waals surface area contributed by atoms with Gasteiger partial charge in [0.25, 0.3) is 0 Å². The fourth-order valence-electron chi connectivity index (χ4n) is 2.32. The summed E-state index contributed by atoms with van der Waals surface area (Å²) in [5.41, 5.74) is 0. The van der Waals surface area contributed by atoms with Crippen molar-refractivity contribution in [2.45, 2.75) is 89.9 Å². The van der Waals surface area contributed by atoms with E-state index in [9.17, 15) is 0 Å². The highest BCUT2D eigenvalue weighted by Crippen LogP contribution is 2.12. The van der Waals surface area contributed by atoms with Gasteiger partial charge in [-0.15, -0.1) is 0 Å². The van der Waals surface area contributed by atoms with Crippen LogP contribution in [0.25, 0.3) is 0 Å².